The molecule has 1 aromatic rings. The quantitative estimate of drug-likeness (QED) is 0.540. The van der Waals surface area contributed by atoms with Gasteiger partial charge in [-0.2, -0.15) is 0 Å². The molecule has 0 unspecified atom stereocenters. The van der Waals surface area contributed by atoms with Crippen molar-refractivity contribution in [1.82, 2.24) is 0 Å². The lowest BCUT2D eigenvalue weighted by atomic mass is 9.88. The van der Waals surface area contributed by atoms with Gasteiger partial charge >= 0.3 is 0 Å². The minimum Gasteiger partial charge on any atom is -0.286 e. The summed E-state index contributed by atoms with van der Waals surface area (Å²) in [6.45, 7) is 3.63. The number of benzene rings is 1. The molecule has 0 bridgehead atoms. The zero-order valence-corrected chi connectivity index (χ0v) is 8.19. The van der Waals surface area contributed by atoms with Crippen LogP contribution in [0.25, 0.3) is 5.57 Å². The van der Waals surface area contributed by atoms with Crippen LogP contribution in [0.3, 0.4) is 0 Å². The van der Waals surface area contributed by atoms with Gasteiger partial charge < -0.3 is 0 Å². The number of fused-ring (bicyclic) bond motifs is 1. The maximum absolute atomic E-state index is 11.5. The number of Topliss-reactive ketones (excluding diaryl/α,β-unsaturated/α-hetero) is 1. The van der Waals surface area contributed by atoms with Crippen LogP contribution < -0.4 is 0 Å². The zero-order chi connectivity index (χ0) is 10.8. The SMILES string of the molecule is C=CCC1=CC(=O)C(=O)c2ccccc21. The van der Waals surface area contributed by atoms with Gasteiger partial charge in [-0.1, -0.05) is 30.3 Å². The first-order valence-corrected chi connectivity index (χ1v) is 4.73. The maximum atomic E-state index is 11.5. The van der Waals surface area contributed by atoms with E-state index in [-0.39, 0.29) is 0 Å². The molecule has 0 amide bonds. The minimum absolute atomic E-state index is 0.418. The van der Waals surface area contributed by atoms with Gasteiger partial charge in [0.2, 0.25) is 11.6 Å². The number of allylic oxidation sites excluding steroid dienone is 3. The van der Waals surface area contributed by atoms with Crippen molar-refractivity contribution in [2.24, 2.45) is 0 Å². The number of ketones is 2. The summed E-state index contributed by atoms with van der Waals surface area (Å²) in [5.41, 5.74) is 2.22. The monoisotopic (exact) mass is 198 g/mol. The third-order valence-corrected chi connectivity index (χ3v) is 2.41. The third-order valence-electron chi connectivity index (χ3n) is 2.41. The van der Waals surface area contributed by atoms with Crippen molar-refractivity contribution < 1.29 is 9.59 Å². The molecule has 1 aliphatic rings. The smallest absolute Gasteiger partial charge is 0.233 e. The van der Waals surface area contributed by atoms with E-state index in [1.807, 2.05) is 12.1 Å². The molecule has 1 aliphatic carbocycles. The molecule has 15 heavy (non-hydrogen) atoms. The average Bonchev–Trinajstić information content (AvgIpc) is 2.26. The largest absolute Gasteiger partial charge is 0.286 e. The number of carbonyl (C=O) groups is 2. The molecule has 2 nitrogen and oxygen atoms in total. The predicted molar refractivity (Wildman–Crippen MR) is 58.6 cm³/mol. The summed E-state index contributed by atoms with van der Waals surface area (Å²) in [5, 5.41) is 0. The fraction of sp³-hybridized carbons (Fsp3) is 0.0769. The zero-order valence-electron chi connectivity index (χ0n) is 8.19. The van der Waals surface area contributed by atoms with E-state index in [9.17, 15) is 9.59 Å². The minimum atomic E-state index is -0.439. The molecule has 0 aliphatic heterocycles. The highest BCUT2D eigenvalue weighted by atomic mass is 16.2. The van der Waals surface area contributed by atoms with E-state index >= 15 is 0 Å². The highest BCUT2D eigenvalue weighted by Crippen LogP contribution is 2.27. The van der Waals surface area contributed by atoms with Crippen LogP contribution in [0.2, 0.25) is 0 Å². The van der Waals surface area contributed by atoms with Gasteiger partial charge in [-0.05, 0) is 23.6 Å². The normalized spacial score (nSPS) is 14.5. The van der Waals surface area contributed by atoms with Crippen molar-refractivity contribution in [3.05, 3.63) is 54.1 Å². The van der Waals surface area contributed by atoms with Crippen LogP contribution in [0.4, 0.5) is 0 Å². The Morgan fingerprint density at radius 1 is 1.13 bits per heavy atom. The second-order valence-corrected chi connectivity index (χ2v) is 3.40. The maximum Gasteiger partial charge on any atom is 0.233 e. The van der Waals surface area contributed by atoms with E-state index < -0.39 is 11.6 Å². The Bertz CT molecular complexity index is 481. The van der Waals surface area contributed by atoms with Gasteiger partial charge in [-0.25, -0.2) is 0 Å². The molecule has 0 saturated heterocycles. The highest BCUT2D eigenvalue weighted by Gasteiger charge is 2.24. The molecule has 2 rings (SSSR count). The van der Waals surface area contributed by atoms with Crippen LogP contribution in [-0.4, -0.2) is 11.6 Å². The summed E-state index contributed by atoms with van der Waals surface area (Å²) in [6, 6.07) is 7.17. The third kappa shape index (κ3) is 1.54. The van der Waals surface area contributed by atoms with Gasteiger partial charge in [-0.3, -0.25) is 9.59 Å². The Morgan fingerprint density at radius 2 is 1.80 bits per heavy atom. The molecule has 0 atom stereocenters. The first kappa shape index (κ1) is 9.59. The van der Waals surface area contributed by atoms with Gasteiger partial charge in [0.05, 0.1) is 0 Å². The number of hydrogen-bond donors (Lipinski definition) is 0. The van der Waals surface area contributed by atoms with Crippen molar-refractivity contribution in [2.75, 3.05) is 0 Å². The van der Waals surface area contributed by atoms with Crippen molar-refractivity contribution in [2.45, 2.75) is 6.42 Å². The Kier molecular flexibility index (Phi) is 2.34. The fourth-order valence-corrected chi connectivity index (χ4v) is 1.72. The topological polar surface area (TPSA) is 34.1 Å². The summed E-state index contributed by atoms with van der Waals surface area (Å²) < 4.78 is 0. The number of rotatable bonds is 2. The van der Waals surface area contributed by atoms with Crippen LogP contribution in [0.1, 0.15) is 22.3 Å². The molecule has 1 aromatic carbocycles. The van der Waals surface area contributed by atoms with Crippen LogP contribution in [0, 0.1) is 0 Å². The van der Waals surface area contributed by atoms with E-state index in [2.05, 4.69) is 6.58 Å². The summed E-state index contributed by atoms with van der Waals surface area (Å²) in [4.78, 5) is 22.9. The summed E-state index contributed by atoms with van der Waals surface area (Å²) in [7, 11) is 0. The first-order valence-electron chi connectivity index (χ1n) is 4.73. The molecule has 0 fully saturated rings. The molecule has 0 aromatic heterocycles. The molecular weight excluding hydrogens is 188 g/mol. The van der Waals surface area contributed by atoms with Gasteiger partial charge in [0.25, 0.3) is 0 Å². The lowest BCUT2D eigenvalue weighted by Crippen LogP contribution is -2.18. The summed E-state index contributed by atoms with van der Waals surface area (Å²) >= 11 is 0. The Hall–Kier alpha value is -1.96. The van der Waals surface area contributed by atoms with E-state index in [4.69, 9.17) is 0 Å². The van der Waals surface area contributed by atoms with E-state index in [1.165, 1.54) is 6.08 Å². The summed E-state index contributed by atoms with van der Waals surface area (Å²) in [5.74, 6) is -0.857. The molecule has 0 N–H and O–H groups in total. The van der Waals surface area contributed by atoms with E-state index in [0.29, 0.717) is 12.0 Å². The van der Waals surface area contributed by atoms with E-state index in [0.717, 1.165) is 11.1 Å². The molecule has 0 heterocycles. The van der Waals surface area contributed by atoms with Crippen molar-refractivity contribution >= 4 is 17.1 Å². The van der Waals surface area contributed by atoms with Crippen LogP contribution in [-0.2, 0) is 4.79 Å². The molecule has 2 heteroatoms. The lowest BCUT2D eigenvalue weighted by molar-refractivity contribution is -0.111. The lowest BCUT2D eigenvalue weighted by Gasteiger charge is -2.14. The van der Waals surface area contributed by atoms with Gasteiger partial charge in [0.15, 0.2) is 0 Å². The molecule has 0 saturated carbocycles. The number of hydrogen-bond acceptors (Lipinski definition) is 2. The Morgan fingerprint density at radius 3 is 2.47 bits per heavy atom. The average molecular weight is 198 g/mol. The van der Waals surface area contributed by atoms with Crippen molar-refractivity contribution in [3.63, 3.8) is 0 Å². The van der Waals surface area contributed by atoms with Crippen molar-refractivity contribution in [3.8, 4) is 0 Å². The van der Waals surface area contributed by atoms with Gasteiger partial charge in [0.1, 0.15) is 0 Å². The van der Waals surface area contributed by atoms with Crippen LogP contribution >= 0.6 is 0 Å². The second-order valence-electron chi connectivity index (χ2n) is 3.40. The van der Waals surface area contributed by atoms with Crippen LogP contribution in [0.15, 0.2) is 43.0 Å². The highest BCUT2D eigenvalue weighted by molar-refractivity contribution is 6.50. The van der Waals surface area contributed by atoms with Gasteiger partial charge in [0, 0.05) is 5.56 Å². The molecule has 0 radical (unpaired) electrons. The predicted octanol–water partition coefficient (Wildman–Crippen LogP) is 2.41. The number of carbonyl (C=O) groups excluding carboxylic acids is 2. The standard InChI is InChI=1S/C13H10O2/c1-2-5-9-8-12(14)13(15)11-7-4-3-6-10(9)11/h2-4,6-8H,1,5H2. The van der Waals surface area contributed by atoms with Crippen molar-refractivity contribution in [1.29, 1.82) is 0 Å². The van der Waals surface area contributed by atoms with Crippen LogP contribution in [0.5, 0.6) is 0 Å². The van der Waals surface area contributed by atoms with E-state index in [1.54, 1.807) is 18.2 Å². The Labute approximate surface area is 87.9 Å². The molecular formula is C13H10O2. The summed E-state index contributed by atoms with van der Waals surface area (Å²) in [6.07, 6.45) is 3.74. The first-order chi connectivity index (χ1) is 7.24. The molecule has 74 valence electrons. The molecule has 0 spiro atoms. The Balaban J connectivity index is 2.60. The van der Waals surface area contributed by atoms with Gasteiger partial charge in [-0.15, -0.1) is 6.58 Å². The fourth-order valence-electron chi connectivity index (χ4n) is 1.72. The second kappa shape index (κ2) is 3.65.